The maximum atomic E-state index is 12.4. The first kappa shape index (κ1) is 17.7. The summed E-state index contributed by atoms with van der Waals surface area (Å²) >= 11 is 0. The van der Waals surface area contributed by atoms with Crippen LogP contribution in [0.2, 0.25) is 0 Å². The van der Waals surface area contributed by atoms with Crippen LogP contribution in [-0.2, 0) is 20.8 Å². The fourth-order valence-electron chi connectivity index (χ4n) is 3.03. The number of carbonyl (C=O) groups excluding carboxylic acids is 2. The fourth-order valence-corrected chi connectivity index (χ4v) is 3.03. The van der Waals surface area contributed by atoms with Gasteiger partial charge in [0.05, 0.1) is 12.7 Å². The molecule has 0 bridgehead atoms. The molecule has 1 fully saturated rings. The standard InChI is InChI=1S/C18H24N2O5/c1-23-8-6-20-11-14-9-13(4-5-16(14)25-12-17(20)21)18(22)19-10-15-3-2-7-24-15/h4-5,9,15H,2-3,6-8,10-12H2,1H3,(H,19,22)/t15-/m0/s1. The summed E-state index contributed by atoms with van der Waals surface area (Å²) < 4.78 is 16.1. The van der Waals surface area contributed by atoms with Crippen molar-refractivity contribution in [2.75, 3.05) is 40.0 Å². The Hall–Kier alpha value is -2.12. The van der Waals surface area contributed by atoms with Gasteiger partial charge in [-0.3, -0.25) is 9.59 Å². The van der Waals surface area contributed by atoms with Gasteiger partial charge in [-0.25, -0.2) is 0 Å². The zero-order valence-electron chi connectivity index (χ0n) is 14.5. The second-order valence-corrected chi connectivity index (χ2v) is 6.26. The number of fused-ring (bicyclic) bond motifs is 1. The van der Waals surface area contributed by atoms with Crippen LogP contribution in [0.4, 0.5) is 0 Å². The van der Waals surface area contributed by atoms with Crippen LogP contribution in [0.3, 0.4) is 0 Å². The SMILES string of the molecule is COCCN1Cc2cc(C(=O)NC[C@@H]3CCCO3)ccc2OCC1=O. The van der Waals surface area contributed by atoms with E-state index in [1.165, 1.54) is 0 Å². The summed E-state index contributed by atoms with van der Waals surface area (Å²) in [4.78, 5) is 26.2. The molecule has 2 heterocycles. The van der Waals surface area contributed by atoms with E-state index >= 15 is 0 Å². The molecular formula is C18H24N2O5. The number of methoxy groups -OCH3 is 1. The lowest BCUT2D eigenvalue weighted by Gasteiger charge is -2.19. The molecule has 0 saturated carbocycles. The minimum Gasteiger partial charge on any atom is -0.483 e. The molecule has 7 nitrogen and oxygen atoms in total. The molecule has 0 unspecified atom stereocenters. The fraction of sp³-hybridized carbons (Fsp3) is 0.556. The van der Waals surface area contributed by atoms with E-state index in [4.69, 9.17) is 14.2 Å². The average molecular weight is 348 g/mol. The predicted molar refractivity (Wildman–Crippen MR) is 90.5 cm³/mol. The van der Waals surface area contributed by atoms with E-state index in [-0.39, 0.29) is 24.5 Å². The normalized spacial score (nSPS) is 20.0. The van der Waals surface area contributed by atoms with Gasteiger partial charge in [0, 0.05) is 44.5 Å². The van der Waals surface area contributed by atoms with Gasteiger partial charge in [0.2, 0.25) is 0 Å². The summed E-state index contributed by atoms with van der Waals surface area (Å²) in [7, 11) is 1.60. The van der Waals surface area contributed by atoms with Crippen LogP contribution >= 0.6 is 0 Å². The summed E-state index contributed by atoms with van der Waals surface area (Å²) in [6, 6.07) is 5.26. The van der Waals surface area contributed by atoms with Crippen LogP contribution in [0, 0.1) is 0 Å². The lowest BCUT2D eigenvalue weighted by atomic mass is 10.1. The molecule has 0 aromatic heterocycles. The Morgan fingerprint density at radius 3 is 3.08 bits per heavy atom. The molecule has 1 saturated heterocycles. The number of ether oxygens (including phenoxy) is 3. The summed E-state index contributed by atoms with van der Waals surface area (Å²) in [6.07, 6.45) is 2.13. The molecule has 0 spiro atoms. The zero-order valence-corrected chi connectivity index (χ0v) is 14.5. The maximum Gasteiger partial charge on any atom is 0.260 e. The molecule has 0 radical (unpaired) electrons. The highest BCUT2D eigenvalue weighted by molar-refractivity contribution is 5.94. The van der Waals surface area contributed by atoms with Crippen molar-refractivity contribution in [3.63, 3.8) is 0 Å². The lowest BCUT2D eigenvalue weighted by molar-refractivity contribution is -0.133. The Bertz CT molecular complexity index is 628. The Morgan fingerprint density at radius 1 is 1.44 bits per heavy atom. The number of amides is 2. The molecule has 1 atom stereocenters. The molecule has 1 aromatic rings. The van der Waals surface area contributed by atoms with Crippen LogP contribution in [0.5, 0.6) is 5.75 Å². The first-order valence-corrected chi connectivity index (χ1v) is 8.59. The Balaban J connectivity index is 1.67. The number of hydrogen-bond acceptors (Lipinski definition) is 5. The van der Waals surface area contributed by atoms with Gasteiger partial charge < -0.3 is 24.4 Å². The maximum absolute atomic E-state index is 12.4. The van der Waals surface area contributed by atoms with Crippen molar-refractivity contribution in [3.05, 3.63) is 29.3 Å². The van der Waals surface area contributed by atoms with Gasteiger partial charge in [-0.15, -0.1) is 0 Å². The van der Waals surface area contributed by atoms with E-state index in [0.717, 1.165) is 25.0 Å². The molecule has 2 aliphatic rings. The largest absolute Gasteiger partial charge is 0.483 e. The smallest absolute Gasteiger partial charge is 0.260 e. The van der Waals surface area contributed by atoms with Gasteiger partial charge in [-0.1, -0.05) is 0 Å². The van der Waals surface area contributed by atoms with Crippen molar-refractivity contribution in [3.8, 4) is 5.75 Å². The predicted octanol–water partition coefficient (Wildman–Crippen LogP) is 0.963. The second kappa shape index (κ2) is 8.31. The monoisotopic (exact) mass is 348 g/mol. The van der Waals surface area contributed by atoms with Gasteiger partial charge in [0.15, 0.2) is 6.61 Å². The summed E-state index contributed by atoms with van der Waals surface area (Å²) in [5.41, 5.74) is 1.38. The molecule has 7 heteroatoms. The number of hydrogen-bond donors (Lipinski definition) is 1. The molecule has 1 aromatic carbocycles. The topological polar surface area (TPSA) is 77.1 Å². The highest BCUT2D eigenvalue weighted by Crippen LogP contribution is 2.25. The van der Waals surface area contributed by atoms with Gasteiger partial charge in [0.1, 0.15) is 5.75 Å². The Kier molecular flexibility index (Phi) is 5.88. The quantitative estimate of drug-likeness (QED) is 0.829. The molecule has 1 N–H and O–H groups in total. The highest BCUT2D eigenvalue weighted by Gasteiger charge is 2.23. The number of carbonyl (C=O) groups is 2. The Morgan fingerprint density at radius 2 is 2.32 bits per heavy atom. The third-order valence-electron chi connectivity index (χ3n) is 4.47. The number of benzene rings is 1. The van der Waals surface area contributed by atoms with Crippen molar-refractivity contribution in [1.82, 2.24) is 10.2 Å². The van der Waals surface area contributed by atoms with Crippen molar-refractivity contribution in [1.29, 1.82) is 0 Å². The van der Waals surface area contributed by atoms with Crippen LogP contribution in [0.25, 0.3) is 0 Å². The molecular weight excluding hydrogens is 324 g/mol. The molecule has 25 heavy (non-hydrogen) atoms. The average Bonchev–Trinajstić information content (AvgIpc) is 3.09. The summed E-state index contributed by atoms with van der Waals surface area (Å²) in [5, 5.41) is 2.91. The van der Waals surface area contributed by atoms with Gasteiger partial charge in [0.25, 0.3) is 11.8 Å². The van der Waals surface area contributed by atoms with Gasteiger partial charge in [-0.05, 0) is 31.0 Å². The first-order chi connectivity index (χ1) is 12.2. The number of nitrogens with zero attached hydrogens (tertiary/aromatic N) is 1. The van der Waals surface area contributed by atoms with Gasteiger partial charge >= 0.3 is 0 Å². The third kappa shape index (κ3) is 4.49. The van der Waals surface area contributed by atoms with E-state index in [1.807, 2.05) is 0 Å². The van der Waals surface area contributed by atoms with E-state index in [9.17, 15) is 9.59 Å². The molecule has 0 aliphatic carbocycles. The first-order valence-electron chi connectivity index (χ1n) is 8.59. The summed E-state index contributed by atoms with van der Waals surface area (Å²) in [5.74, 6) is 0.416. The van der Waals surface area contributed by atoms with E-state index in [1.54, 1.807) is 30.2 Å². The highest BCUT2D eigenvalue weighted by atomic mass is 16.5. The molecule has 2 aliphatic heterocycles. The zero-order chi connectivity index (χ0) is 17.6. The van der Waals surface area contributed by atoms with E-state index in [2.05, 4.69) is 5.32 Å². The van der Waals surface area contributed by atoms with Crippen molar-refractivity contribution < 1.29 is 23.8 Å². The number of rotatable bonds is 6. The van der Waals surface area contributed by atoms with E-state index in [0.29, 0.717) is 37.6 Å². The van der Waals surface area contributed by atoms with E-state index < -0.39 is 0 Å². The molecule has 2 amide bonds. The third-order valence-corrected chi connectivity index (χ3v) is 4.47. The second-order valence-electron chi connectivity index (χ2n) is 6.26. The number of nitrogens with one attached hydrogen (secondary N) is 1. The van der Waals surface area contributed by atoms with Crippen LogP contribution < -0.4 is 10.1 Å². The lowest BCUT2D eigenvalue weighted by Crippen LogP contribution is -2.35. The van der Waals surface area contributed by atoms with Crippen LogP contribution in [-0.4, -0.2) is 62.8 Å². The van der Waals surface area contributed by atoms with Crippen LogP contribution in [0.1, 0.15) is 28.8 Å². The Labute approximate surface area is 147 Å². The van der Waals surface area contributed by atoms with Crippen molar-refractivity contribution >= 4 is 11.8 Å². The van der Waals surface area contributed by atoms with Crippen LogP contribution in [0.15, 0.2) is 18.2 Å². The minimum absolute atomic E-state index is 0.00127. The van der Waals surface area contributed by atoms with Crippen molar-refractivity contribution in [2.45, 2.75) is 25.5 Å². The summed E-state index contributed by atoms with van der Waals surface area (Å²) in [6.45, 7) is 2.65. The minimum atomic E-state index is -0.141. The molecule has 3 rings (SSSR count). The van der Waals surface area contributed by atoms with Gasteiger partial charge in [-0.2, -0.15) is 0 Å². The molecule has 136 valence electrons. The van der Waals surface area contributed by atoms with Crippen molar-refractivity contribution in [2.24, 2.45) is 0 Å².